The third-order valence-electron chi connectivity index (χ3n) is 3.81. The number of ether oxygens (including phenoxy) is 1. The molecule has 0 aliphatic rings. The maximum atomic E-state index is 13.1. The van der Waals surface area contributed by atoms with Gasteiger partial charge in [-0.05, 0) is 35.7 Å². The second-order valence-electron chi connectivity index (χ2n) is 6.17. The normalized spacial score (nSPS) is 12.0. The summed E-state index contributed by atoms with van der Waals surface area (Å²) < 4.78 is 18.6. The second-order valence-corrected chi connectivity index (χ2v) is 6.17. The zero-order valence-corrected chi connectivity index (χ0v) is 14.7. The Morgan fingerprint density at radius 1 is 1.08 bits per heavy atom. The first-order valence-electron chi connectivity index (χ1n) is 8.49. The number of rotatable bonds is 9. The van der Waals surface area contributed by atoms with Crippen LogP contribution in [0.5, 0.6) is 5.75 Å². The highest BCUT2D eigenvalue weighted by atomic mass is 19.1. The van der Waals surface area contributed by atoms with E-state index in [0.717, 1.165) is 11.3 Å². The van der Waals surface area contributed by atoms with Crippen LogP contribution in [-0.4, -0.2) is 25.6 Å². The Labute approximate surface area is 148 Å². The van der Waals surface area contributed by atoms with Gasteiger partial charge in [-0.2, -0.15) is 0 Å². The van der Waals surface area contributed by atoms with Crippen molar-refractivity contribution in [2.45, 2.75) is 19.9 Å². The SMILES string of the molecule is CC(C)C(NCC(=O)NCCOc1ccccc1)c1ccc(F)cc1. The molecule has 25 heavy (non-hydrogen) atoms. The van der Waals surface area contributed by atoms with Crippen LogP contribution in [0.2, 0.25) is 0 Å². The molecule has 2 N–H and O–H groups in total. The fourth-order valence-corrected chi connectivity index (χ4v) is 2.55. The number of hydrogen-bond donors (Lipinski definition) is 2. The van der Waals surface area contributed by atoms with Gasteiger partial charge in [0, 0.05) is 6.04 Å². The van der Waals surface area contributed by atoms with E-state index in [4.69, 9.17) is 4.74 Å². The molecule has 0 bridgehead atoms. The molecule has 0 fully saturated rings. The van der Waals surface area contributed by atoms with Crippen LogP contribution >= 0.6 is 0 Å². The maximum Gasteiger partial charge on any atom is 0.234 e. The fraction of sp³-hybridized carbons (Fsp3) is 0.350. The molecule has 0 aromatic heterocycles. The summed E-state index contributed by atoms with van der Waals surface area (Å²) in [4.78, 5) is 12.0. The van der Waals surface area contributed by atoms with Gasteiger partial charge < -0.3 is 15.4 Å². The van der Waals surface area contributed by atoms with Crippen molar-refractivity contribution in [1.82, 2.24) is 10.6 Å². The number of hydrogen-bond acceptors (Lipinski definition) is 3. The van der Waals surface area contributed by atoms with Crippen molar-refractivity contribution in [2.75, 3.05) is 19.7 Å². The summed E-state index contributed by atoms with van der Waals surface area (Å²) >= 11 is 0. The molecule has 1 unspecified atom stereocenters. The molecule has 0 saturated carbocycles. The molecule has 0 spiro atoms. The molecule has 4 nitrogen and oxygen atoms in total. The fourth-order valence-electron chi connectivity index (χ4n) is 2.55. The van der Waals surface area contributed by atoms with Crippen LogP contribution in [0.1, 0.15) is 25.5 Å². The van der Waals surface area contributed by atoms with Crippen molar-refractivity contribution in [3.8, 4) is 5.75 Å². The summed E-state index contributed by atoms with van der Waals surface area (Å²) in [5.74, 6) is 0.706. The lowest BCUT2D eigenvalue weighted by molar-refractivity contribution is -0.120. The Balaban J connectivity index is 1.72. The van der Waals surface area contributed by atoms with Crippen LogP contribution in [0.3, 0.4) is 0 Å². The summed E-state index contributed by atoms with van der Waals surface area (Å²) in [7, 11) is 0. The van der Waals surface area contributed by atoms with Crippen molar-refractivity contribution in [1.29, 1.82) is 0 Å². The summed E-state index contributed by atoms with van der Waals surface area (Å²) in [5.41, 5.74) is 0.969. The first kappa shape index (κ1) is 18.9. The molecule has 2 aromatic rings. The lowest BCUT2D eigenvalue weighted by atomic mass is 9.96. The average molecular weight is 344 g/mol. The summed E-state index contributed by atoms with van der Waals surface area (Å²) in [6, 6.07) is 15.8. The average Bonchev–Trinajstić information content (AvgIpc) is 2.61. The van der Waals surface area contributed by atoms with Crippen LogP contribution in [-0.2, 0) is 4.79 Å². The Hall–Kier alpha value is -2.40. The van der Waals surface area contributed by atoms with Gasteiger partial charge in [-0.15, -0.1) is 0 Å². The first-order valence-corrected chi connectivity index (χ1v) is 8.49. The number of halogens is 1. The van der Waals surface area contributed by atoms with E-state index in [1.807, 2.05) is 30.3 Å². The van der Waals surface area contributed by atoms with Crippen LogP contribution in [0, 0.1) is 11.7 Å². The molecule has 134 valence electrons. The number of benzene rings is 2. The molecule has 1 amide bonds. The lowest BCUT2D eigenvalue weighted by Gasteiger charge is -2.22. The van der Waals surface area contributed by atoms with Crippen LogP contribution in [0.25, 0.3) is 0 Å². The molecule has 0 radical (unpaired) electrons. The quantitative estimate of drug-likeness (QED) is 0.686. The van der Waals surface area contributed by atoms with E-state index in [2.05, 4.69) is 24.5 Å². The van der Waals surface area contributed by atoms with Crippen molar-refractivity contribution in [3.05, 3.63) is 66.0 Å². The molecule has 1 atom stereocenters. The number of para-hydroxylation sites is 1. The van der Waals surface area contributed by atoms with Crippen molar-refractivity contribution in [2.24, 2.45) is 5.92 Å². The summed E-state index contributed by atoms with van der Waals surface area (Å²) in [6.45, 7) is 5.18. The Morgan fingerprint density at radius 2 is 1.76 bits per heavy atom. The predicted molar refractivity (Wildman–Crippen MR) is 96.9 cm³/mol. The van der Waals surface area contributed by atoms with Crippen molar-refractivity contribution < 1.29 is 13.9 Å². The van der Waals surface area contributed by atoms with Crippen LogP contribution < -0.4 is 15.4 Å². The minimum atomic E-state index is -0.262. The van der Waals surface area contributed by atoms with E-state index in [9.17, 15) is 9.18 Å². The molecule has 0 heterocycles. The van der Waals surface area contributed by atoms with Gasteiger partial charge in [0.15, 0.2) is 0 Å². The predicted octanol–water partition coefficient (Wildman–Crippen LogP) is 3.31. The topological polar surface area (TPSA) is 50.4 Å². The maximum absolute atomic E-state index is 13.1. The third-order valence-corrected chi connectivity index (χ3v) is 3.81. The number of nitrogens with one attached hydrogen (secondary N) is 2. The molecular formula is C20H25FN2O2. The Kier molecular flexibility index (Phi) is 7.41. The highest BCUT2D eigenvalue weighted by Crippen LogP contribution is 2.21. The molecule has 2 rings (SSSR count). The van der Waals surface area contributed by atoms with Crippen molar-refractivity contribution >= 4 is 5.91 Å². The zero-order chi connectivity index (χ0) is 18.1. The van der Waals surface area contributed by atoms with Gasteiger partial charge in [-0.3, -0.25) is 4.79 Å². The molecular weight excluding hydrogens is 319 g/mol. The van der Waals surface area contributed by atoms with Gasteiger partial charge in [0.2, 0.25) is 5.91 Å². The van der Waals surface area contributed by atoms with Gasteiger partial charge in [0.25, 0.3) is 0 Å². The molecule has 0 aliphatic heterocycles. The molecule has 2 aromatic carbocycles. The van der Waals surface area contributed by atoms with Gasteiger partial charge in [-0.25, -0.2) is 4.39 Å². The number of amides is 1. The molecule has 0 aliphatic carbocycles. The van der Waals surface area contributed by atoms with E-state index in [1.54, 1.807) is 12.1 Å². The third kappa shape index (κ3) is 6.55. The number of carbonyl (C=O) groups is 1. The highest BCUT2D eigenvalue weighted by Gasteiger charge is 2.16. The number of carbonyl (C=O) groups excluding carboxylic acids is 1. The van der Waals surface area contributed by atoms with Crippen LogP contribution in [0.15, 0.2) is 54.6 Å². The lowest BCUT2D eigenvalue weighted by Crippen LogP contribution is -2.38. The monoisotopic (exact) mass is 344 g/mol. The standard InChI is InChI=1S/C20H25FN2O2/c1-15(2)20(16-8-10-17(21)11-9-16)23-14-19(24)22-12-13-25-18-6-4-3-5-7-18/h3-11,15,20,23H,12-14H2,1-2H3,(H,22,24). The Bertz CT molecular complexity index is 645. The van der Waals surface area contributed by atoms with Gasteiger partial charge in [0.1, 0.15) is 18.2 Å². The first-order chi connectivity index (χ1) is 12.1. The zero-order valence-electron chi connectivity index (χ0n) is 14.7. The summed E-state index contributed by atoms with van der Waals surface area (Å²) in [5, 5.41) is 6.06. The molecule has 0 saturated heterocycles. The second kappa shape index (κ2) is 9.79. The van der Waals surface area contributed by atoms with E-state index in [0.29, 0.717) is 13.2 Å². The van der Waals surface area contributed by atoms with Gasteiger partial charge in [0.05, 0.1) is 13.1 Å². The van der Waals surface area contributed by atoms with E-state index >= 15 is 0 Å². The van der Waals surface area contributed by atoms with E-state index in [-0.39, 0.29) is 30.2 Å². The highest BCUT2D eigenvalue weighted by molar-refractivity contribution is 5.78. The van der Waals surface area contributed by atoms with Crippen molar-refractivity contribution in [3.63, 3.8) is 0 Å². The minimum Gasteiger partial charge on any atom is -0.492 e. The molecule has 5 heteroatoms. The summed E-state index contributed by atoms with van der Waals surface area (Å²) in [6.07, 6.45) is 0. The van der Waals surface area contributed by atoms with E-state index in [1.165, 1.54) is 12.1 Å². The van der Waals surface area contributed by atoms with Gasteiger partial charge in [-0.1, -0.05) is 44.2 Å². The smallest absolute Gasteiger partial charge is 0.234 e. The van der Waals surface area contributed by atoms with Gasteiger partial charge >= 0.3 is 0 Å². The minimum absolute atomic E-state index is 0.00748. The van der Waals surface area contributed by atoms with E-state index < -0.39 is 0 Å². The Morgan fingerprint density at radius 3 is 2.40 bits per heavy atom. The largest absolute Gasteiger partial charge is 0.492 e. The van der Waals surface area contributed by atoms with Crippen LogP contribution in [0.4, 0.5) is 4.39 Å².